The molecule has 46 heavy (non-hydrogen) atoms. The van der Waals surface area contributed by atoms with Gasteiger partial charge in [0.15, 0.2) is 6.23 Å². The predicted octanol–water partition coefficient (Wildman–Crippen LogP) is 6.80. The summed E-state index contributed by atoms with van der Waals surface area (Å²) in [6, 6.07) is 13.7. The smallest absolute Gasteiger partial charge is 0.263 e. The molecule has 5 rings (SSSR count). The molecule has 0 bridgehead atoms. The topological polar surface area (TPSA) is 89.0 Å². The van der Waals surface area contributed by atoms with Gasteiger partial charge in [0.1, 0.15) is 5.82 Å². The van der Waals surface area contributed by atoms with Crippen LogP contribution in [0.15, 0.2) is 84.7 Å². The Kier molecular flexibility index (Phi) is 11.1. The van der Waals surface area contributed by atoms with Gasteiger partial charge >= 0.3 is 0 Å². The number of carbonyl (C=O) groups is 2. The van der Waals surface area contributed by atoms with Crippen molar-refractivity contribution in [1.29, 1.82) is 0 Å². The quantitative estimate of drug-likeness (QED) is 0.212. The number of aromatic nitrogens is 1. The molecule has 2 aliphatic heterocycles. The molecule has 0 spiro atoms. The average molecular weight is 640 g/mol. The lowest BCUT2D eigenvalue weighted by Crippen LogP contribution is -2.37. The van der Waals surface area contributed by atoms with Crippen LogP contribution in [-0.4, -0.2) is 65.8 Å². The molecule has 2 aromatic heterocycles. The highest BCUT2D eigenvalue weighted by molar-refractivity contribution is 7.17. The van der Waals surface area contributed by atoms with Gasteiger partial charge in [-0.1, -0.05) is 49.9 Å². The van der Waals surface area contributed by atoms with Crippen molar-refractivity contribution in [3.05, 3.63) is 101 Å². The van der Waals surface area contributed by atoms with Crippen LogP contribution in [-0.2, 0) is 6.42 Å². The molecule has 3 aromatic rings. The van der Waals surface area contributed by atoms with Crippen LogP contribution in [0.5, 0.6) is 0 Å². The Balaban J connectivity index is 1.26. The molecular weight excluding hydrogens is 595 g/mol. The van der Waals surface area contributed by atoms with Crippen molar-refractivity contribution >= 4 is 34.7 Å². The monoisotopic (exact) mass is 639 g/mol. The Morgan fingerprint density at radius 2 is 1.93 bits per heavy atom. The Morgan fingerprint density at radius 3 is 2.67 bits per heavy atom. The van der Waals surface area contributed by atoms with Gasteiger partial charge in [0.05, 0.1) is 10.4 Å². The maximum absolute atomic E-state index is 13.2. The lowest BCUT2D eigenvalue weighted by Gasteiger charge is -2.30. The first-order valence-electron chi connectivity index (χ1n) is 16.3. The summed E-state index contributed by atoms with van der Waals surface area (Å²) in [6.45, 7) is 14.0. The van der Waals surface area contributed by atoms with Crippen molar-refractivity contribution in [3.63, 3.8) is 0 Å². The van der Waals surface area contributed by atoms with Crippen LogP contribution in [0.25, 0.3) is 10.4 Å². The molecule has 9 heteroatoms. The van der Waals surface area contributed by atoms with Crippen LogP contribution in [0.4, 0.5) is 11.5 Å². The number of thiophene rings is 1. The normalized spacial score (nSPS) is 15.3. The van der Waals surface area contributed by atoms with E-state index in [-0.39, 0.29) is 11.8 Å². The molecular formula is C37H45N5O3S. The van der Waals surface area contributed by atoms with Gasteiger partial charge in [-0.05, 0) is 74.9 Å². The first kappa shape index (κ1) is 33.2. The molecule has 2 N–H and O–H groups in total. The van der Waals surface area contributed by atoms with Gasteiger partial charge < -0.3 is 25.1 Å². The van der Waals surface area contributed by atoms with Gasteiger partial charge in [-0.25, -0.2) is 4.98 Å². The highest BCUT2D eigenvalue weighted by atomic mass is 32.1. The summed E-state index contributed by atoms with van der Waals surface area (Å²) in [5.74, 6) is 0.635. The van der Waals surface area contributed by atoms with Crippen LogP contribution in [0.3, 0.4) is 0 Å². The zero-order valence-electron chi connectivity index (χ0n) is 27.2. The number of allylic oxidation sites excluding steroid dienone is 2. The lowest BCUT2D eigenvalue weighted by atomic mass is 10.1. The summed E-state index contributed by atoms with van der Waals surface area (Å²) in [5.41, 5.74) is 4.93. The SMILES string of the molecule is C=C(C=CCC(=CC)NC(=O)c1cccnc1N1CCCC1)C(O)N1CCc2cc(C(=O)N(CC)CCC)sc2-c2ccccc21. The minimum Gasteiger partial charge on any atom is -0.369 e. The first-order valence-corrected chi connectivity index (χ1v) is 17.2. The Morgan fingerprint density at radius 1 is 1.15 bits per heavy atom. The second-order valence-corrected chi connectivity index (χ2v) is 12.8. The molecule has 1 saturated heterocycles. The van der Waals surface area contributed by atoms with Gasteiger partial charge in [-0.3, -0.25) is 9.59 Å². The Labute approximate surface area is 276 Å². The number of para-hydroxylation sites is 1. The van der Waals surface area contributed by atoms with Gasteiger partial charge in [-0.15, -0.1) is 11.3 Å². The number of nitrogens with zero attached hydrogens (tertiary/aromatic N) is 4. The highest BCUT2D eigenvalue weighted by Crippen LogP contribution is 2.42. The third-order valence-corrected chi connectivity index (χ3v) is 9.82. The fourth-order valence-corrected chi connectivity index (χ4v) is 7.35. The van der Waals surface area contributed by atoms with E-state index in [0.717, 1.165) is 77.0 Å². The number of aliphatic hydroxyl groups excluding tert-OH is 1. The largest absolute Gasteiger partial charge is 0.369 e. The molecule has 242 valence electrons. The third kappa shape index (κ3) is 7.26. The summed E-state index contributed by atoms with van der Waals surface area (Å²) in [6.07, 6.45) is 10.7. The van der Waals surface area contributed by atoms with Crippen molar-refractivity contribution in [3.8, 4) is 10.4 Å². The van der Waals surface area contributed by atoms with Crippen molar-refractivity contribution < 1.29 is 14.7 Å². The molecule has 1 aromatic carbocycles. The molecule has 2 amide bonds. The fraction of sp³-hybridized carbons (Fsp3) is 0.378. The number of fused-ring (bicyclic) bond motifs is 3. The third-order valence-electron chi connectivity index (χ3n) is 8.62. The number of amides is 2. The summed E-state index contributed by atoms with van der Waals surface area (Å²) in [7, 11) is 0. The summed E-state index contributed by atoms with van der Waals surface area (Å²) < 4.78 is 0. The van der Waals surface area contributed by atoms with E-state index in [9.17, 15) is 14.7 Å². The van der Waals surface area contributed by atoms with E-state index in [4.69, 9.17) is 0 Å². The summed E-state index contributed by atoms with van der Waals surface area (Å²) in [5, 5.41) is 14.6. The van der Waals surface area contributed by atoms with E-state index < -0.39 is 6.23 Å². The number of pyridine rings is 1. The van der Waals surface area contributed by atoms with Crippen LogP contribution in [0, 0.1) is 0 Å². The maximum Gasteiger partial charge on any atom is 0.263 e. The Bertz CT molecular complexity index is 1620. The molecule has 2 aliphatic rings. The summed E-state index contributed by atoms with van der Waals surface area (Å²) in [4.78, 5) is 38.9. The molecule has 1 fully saturated rings. The zero-order valence-corrected chi connectivity index (χ0v) is 28.0. The number of aliphatic hydroxyl groups is 1. The van der Waals surface area contributed by atoms with Crippen molar-refractivity contribution in [2.75, 3.05) is 42.5 Å². The lowest BCUT2D eigenvalue weighted by molar-refractivity contribution is 0.0769. The number of hydrogen-bond acceptors (Lipinski definition) is 7. The fourth-order valence-electron chi connectivity index (χ4n) is 6.14. The number of benzene rings is 1. The van der Waals surface area contributed by atoms with Gasteiger partial charge in [-0.2, -0.15) is 0 Å². The molecule has 1 unspecified atom stereocenters. The predicted molar refractivity (Wildman–Crippen MR) is 188 cm³/mol. The van der Waals surface area contributed by atoms with E-state index in [0.29, 0.717) is 37.1 Å². The van der Waals surface area contributed by atoms with Crippen molar-refractivity contribution in [1.82, 2.24) is 15.2 Å². The van der Waals surface area contributed by atoms with E-state index in [1.807, 2.05) is 72.2 Å². The second kappa shape index (κ2) is 15.4. The van der Waals surface area contributed by atoms with Gasteiger partial charge in [0, 0.05) is 67.2 Å². The Hall–Kier alpha value is -4.21. The molecule has 0 saturated carbocycles. The van der Waals surface area contributed by atoms with Crippen LogP contribution in [0.1, 0.15) is 72.0 Å². The number of carbonyl (C=O) groups excluding carboxylic acids is 2. The minimum atomic E-state index is -0.935. The van der Waals surface area contributed by atoms with E-state index in [2.05, 4.69) is 34.8 Å². The van der Waals surface area contributed by atoms with Gasteiger partial charge in [0.2, 0.25) is 0 Å². The van der Waals surface area contributed by atoms with Gasteiger partial charge in [0.25, 0.3) is 11.8 Å². The second-order valence-electron chi connectivity index (χ2n) is 11.7. The van der Waals surface area contributed by atoms with Crippen LogP contribution < -0.4 is 15.1 Å². The number of anilines is 2. The molecule has 0 radical (unpaired) electrons. The van der Waals surface area contributed by atoms with Crippen LogP contribution in [0.2, 0.25) is 0 Å². The van der Waals surface area contributed by atoms with Crippen molar-refractivity contribution in [2.45, 2.75) is 59.1 Å². The number of nitrogens with one attached hydrogen (secondary N) is 1. The highest BCUT2D eigenvalue weighted by Gasteiger charge is 2.28. The maximum atomic E-state index is 13.2. The first-order chi connectivity index (χ1) is 22.4. The molecule has 8 nitrogen and oxygen atoms in total. The van der Waals surface area contributed by atoms with E-state index in [1.54, 1.807) is 12.3 Å². The molecule has 4 heterocycles. The number of rotatable bonds is 12. The molecule has 0 aliphatic carbocycles. The van der Waals surface area contributed by atoms with Crippen LogP contribution >= 0.6 is 11.3 Å². The molecule has 1 atom stereocenters. The summed E-state index contributed by atoms with van der Waals surface area (Å²) >= 11 is 1.54. The minimum absolute atomic E-state index is 0.0828. The van der Waals surface area contributed by atoms with E-state index in [1.165, 1.54) is 11.3 Å². The van der Waals surface area contributed by atoms with Crippen molar-refractivity contribution in [2.24, 2.45) is 0 Å². The average Bonchev–Trinajstić information content (AvgIpc) is 3.75. The zero-order chi connectivity index (χ0) is 32.6. The van der Waals surface area contributed by atoms with E-state index >= 15 is 0 Å². The number of hydrogen-bond donors (Lipinski definition) is 2. The standard InChI is InChI=1S/C37H45N5O3S/c1-5-21-40(7-3)37(45)32-25-27-19-24-42(31-18-9-8-16-29(31)33(27)46-32)36(44)26(4)14-12-15-28(6-2)39-35(43)30-17-13-20-38-34(30)41-22-10-11-23-41/h6,8-9,12-14,16-18,20,25,36,44H,4-5,7,10-11,15,19,21-24H2,1-3H3,(H,39,43).